The first kappa shape index (κ1) is 14.8. The zero-order valence-electron chi connectivity index (χ0n) is 11.1. The lowest BCUT2D eigenvalue weighted by atomic mass is 10.1. The number of hydrogen-bond donors (Lipinski definition) is 0. The van der Waals surface area contributed by atoms with Crippen molar-refractivity contribution >= 4 is 5.97 Å². The molecule has 0 heterocycles. The maximum Gasteiger partial charge on any atom is 0.338 e. The van der Waals surface area contributed by atoms with Crippen LogP contribution >= 0.6 is 0 Å². The Morgan fingerprint density at radius 1 is 1.00 bits per heavy atom. The smallest absolute Gasteiger partial charge is 0.338 e. The molecule has 2 rings (SSSR count). The summed E-state index contributed by atoms with van der Waals surface area (Å²) in [5.74, 6) is -4.33. The minimum atomic E-state index is -1.51. The van der Waals surface area contributed by atoms with Gasteiger partial charge in [-0.15, -0.1) is 0 Å². The van der Waals surface area contributed by atoms with E-state index in [4.69, 9.17) is 4.74 Å². The summed E-state index contributed by atoms with van der Waals surface area (Å²) in [4.78, 5) is 11.3. The van der Waals surface area contributed by atoms with E-state index >= 15 is 0 Å². The fraction of sp³-hybridized carbons (Fsp3) is 0.0625. The summed E-state index contributed by atoms with van der Waals surface area (Å²) in [5.41, 5.74) is 0.897. The average molecular weight is 292 g/mol. The van der Waals surface area contributed by atoms with Gasteiger partial charge in [0.05, 0.1) is 0 Å². The van der Waals surface area contributed by atoms with Gasteiger partial charge in [-0.3, -0.25) is 0 Å². The van der Waals surface area contributed by atoms with E-state index in [0.29, 0.717) is 5.56 Å². The van der Waals surface area contributed by atoms with Crippen molar-refractivity contribution in [1.82, 2.24) is 0 Å². The largest absolute Gasteiger partial charge is 0.423 e. The van der Waals surface area contributed by atoms with Gasteiger partial charge >= 0.3 is 5.97 Å². The lowest BCUT2D eigenvalue weighted by molar-refractivity contribution is -0.130. The van der Waals surface area contributed by atoms with Gasteiger partial charge in [-0.25, -0.2) is 18.0 Å². The monoisotopic (exact) mass is 292 g/mol. The van der Waals surface area contributed by atoms with Crippen molar-refractivity contribution in [3.05, 3.63) is 66.0 Å². The molecule has 2 aromatic carbocycles. The van der Waals surface area contributed by atoms with Gasteiger partial charge in [-0.1, -0.05) is 18.7 Å². The molecular formula is C16H11F3O2. The van der Waals surface area contributed by atoms with Crippen molar-refractivity contribution in [2.24, 2.45) is 0 Å². The Morgan fingerprint density at radius 2 is 1.52 bits per heavy atom. The Balaban J connectivity index is 2.27. The van der Waals surface area contributed by atoms with Crippen LogP contribution in [0.15, 0.2) is 48.6 Å². The van der Waals surface area contributed by atoms with Crippen LogP contribution in [0.3, 0.4) is 0 Å². The van der Waals surface area contributed by atoms with Crippen LogP contribution in [0.25, 0.3) is 11.1 Å². The predicted molar refractivity (Wildman–Crippen MR) is 72.2 cm³/mol. The van der Waals surface area contributed by atoms with Crippen molar-refractivity contribution in [3.8, 4) is 16.9 Å². The van der Waals surface area contributed by atoms with Gasteiger partial charge < -0.3 is 4.74 Å². The van der Waals surface area contributed by atoms with Crippen LogP contribution < -0.4 is 4.74 Å². The molecular weight excluding hydrogens is 281 g/mol. The molecule has 0 saturated carbocycles. The zero-order chi connectivity index (χ0) is 15.6. The summed E-state index contributed by atoms with van der Waals surface area (Å²) in [6.45, 7) is 4.97. The lowest BCUT2D eigenvalue weighted by Crippen LogP contribution is -2.07. The molecule has 0 fully saturated rings. The molecule has 5 heteroatoms. The van der Waals surface area contributed by atoms with Crippen LogP contribution in [0.2, 0.25) is 0 Å². The Morgan fingerprint density at radius 3 is 2.00 bits per heavy atom. The number of carbonyl (C=O) groups is 1. The second-order valence-corrected chi connectivity index (χ2v) is 4.45. The van der Waals surface area contributed by atoms with Gasteiger partial charge in [-0.05, 0) is 42.3 Å². The first-order valence-corrected chi connectivity index (χ1v) is 6.01. The fourth-order valence-corrected chi connectivity index (χ4v) is 1.63. The molecule has 0 unspecified atom stereocenters. The van der Waals surface area contributed by atoms with Crippen LogP contribution in [-0.2, 0) is 4.79 Å². The van der Waals surface area contributed by atoms with Gasteiger partial charge in [0.2, 0.25) is 0 Å². The summed E-state index contributed by atoms with van der Waals surface area (Å²) >= 11 is 0. The van der Waals surface area contributed by atoms with Gasteiger partial charge in [-0.2, -0.15) is 0 Å². The van der Waals surface area contributed by atoms with Crippen molar-refractivity contribution in [2.45, 2.75) is 6.92 Å². The molecule has 0 bridgehead atoms. The van der Waals surface area contributed by atoms with Crippen LogP contribution in [0, 0.1) is 17.5 Å². The second-order valence-electron chi connectivity index (χ2n) is 4.45. The Bertz CT molecular complexity index is 683. The summed E-state index contributed by atoms with van der Waals surface area (Å²) < 4.78 is 44.2. The second kappa shape index (κ2) is 5.83. The zero-order valence-corrected chi connectivity index (χ0v) is 11.1. The van der Waals surface area contributed by atoms with Gasteiger partial charge in [0.25, 0.3) is 0 Å². The van der Waals surface area contributed by atoms with Crippen LogP contribution in [0.4, 0.5) is 13.2 Å². The number of halogens is 3. The number of esters is 1. The SMILES string of the molecule is C=C(C)C(=O)Oc1ccc(-c2cc(F)c(F)c(F)c2)cc1. The molecule has 0 N–H and O–H groups in total. The Hall–Kier alpha value is -2.56. The molecule has 0 spiro atoms. The quantitative estimate of drug-likeness (QED) is 0.366. The maximum atomic E-state index is 13.2. The van der Waals surface area contributed by atoms with Gasteiger partial charge in [0.1, 0.15) is 5.75 Å². The summed E-state index contributed by atoms with van der Waals surface area (Å²) in [6.07, 6.45) is 0. The first-order valence-electron chi connectivity index (χ1n) is 6.01. The number of carbonyl (C=O) groups excluding carboxylic acids is 1. The van der Waals surface area contributed by atoms with E-state index in [2.05, 4.69) is 6.58 Å². The maximum absolute atomic E-state index is 13.2. The van der Waals surface area contributed by atoms with Crippen molar-refractivity contribution < 1.29 is 22.7 Å². The van der Waals surface area contributed by atoms with E-state index < -0.39 is 23.4 Å². The molecule has 0 aliphatic carbocycles. The van der Waals surface area contributed by atoms with E-state index in [0.717, 1.165) is 12.1 Å². The standard InChI is InChI=1S/C16H11F3O2/c1-9(2)16(20)21-12-5-3-10(4-6-12)11-7-13(17)15(19)14(18)8-11/h3-8H,1H2,2H3. The van der Waals surface area contributed by atoms with Crippen molar-refractivity contribution in [2.75, 3.05) is 0 Å². The summed E-state index contributed by atoms with van der Waals surface area (Å²) in [7, 11) is 0. The predicted octanol–water partition coefficient (Wildman–Crippen LogP) is 4.25. The van der Waals surface area contributed by atoms with E-state index in [9.17, 15) is 18.0 Å². The summed E-state index contributed by atoms with van der Waals surface area (Å²) in [5, 5.41) is 0. The fourth-order valence-electron chi connectivity index (χ4n) is 1.63. The molecule has 2 aromatic rings. The Kier molecular flexibility index (Phi) is 4.12. The van der Waals surface area contributed by atoms with Crippen molar-refractivity contribution in [1.29, 1.82) is 0 Å². The van der Waals surface area contributed by atoms with Crippen molar-refractivity contribution in [3.63, 3.8) is 0 Å². The topological polar surface area (TPSA) is 26.3 Å². The van der Waals surface area contributed by atoms with E-state index in [1.165, 1.54) is 31.2 Å². The lowest BCUT2D eigenvalue weighted by Gasteiger charge is -2.06. The molecule has 108 valence electrons. The normalized spacial score (nSPS) is 10.3. The number of hydrogen-bond acceptors (Lipinski definition) is 2. The molecule has 0 saturated heterocycles. The highest BCUT2D eigenvalue weighted by Gasteiger charge is 2.12. The highest BCUT2D eigenvalue weighted by atomic mass is 19.2. The Labute approximate surface area is 119 Å². The summed E-state index contributed by atoms with van der Waals surface area (Å²) in [6, 6.07) is 7.74. The molecule has 0 aliphatic heterocycles. The highest BCUT2D eigenvalue weighted by molar-refractivity contribution is 5.88. The third-order valence-corrected chi connectivity index (χ3v) is 2.73. The van der Waals surface area contributed by atoms with Crippen LogP contribution in [-0.4, -0.2) is 5.97 Å². The molecule has 0 aliphatic rings. The van der Waals surface area contributed by atoms with E-state index in [1.807, 2.05) is 0 Å². The third-order valence-electron chi connectivity index (χ3n) is 2.73. The highest BCUT2D eigenvalue weighted by Crippen LogP contribution is 2.25. The number of ether oxygens (including phenoxy) is 1. The first-order chi connectivity index (χ1) is 9.88. The van der Waals surface area contributed by atoms with Gasteiger partial charge in [0, 0.05) is 5.57 Å². The van der Waals surface area contributed by atoms with E-state index in [1.54, 1.807) is 0 Å². The van der Waals surface area contributed by atoms with Gasteiger partial charge in [0.15, 0.2) is 17.5 Å². The molecule has 0 aromatic heterocycles. The number of rotatable bonds is 3. The average Bonchev–Trinajstić information content (AvgIpc) is 2.45. The molecule has 21 heavy (non-hydrogen) atoms. The van der Waals surface area contributed by atoms with E-state index in [-0.39, 0.29) is 16.9 Å². The van der Waals surface area contributed by atoms with Crippen LogP contribution in [0.1, 0.15) is 6.92 Å². The molecule has 0 atom stereocenters. The van der Waals surface area contributed by atoms with Crippen LogP contribution in [0.5, 0.6) is 5.75 Å². The molecule has 2 nitrogen and oxygen atoms in total. The minimum absolute atomic E-state index is 0.184. The molecule has 0 radical (unpaired) electrons. The third kappa shape index (κ3) is 3.31. The molecule has 0 amide bonds. The minimum Gasteiger partial charge on any atom is -0.423 e. The number of benzene rings is 2.